The van der Waals surface area contributed by atoms with Gasteiger partial charge in [0, 0.05) is 25.0 Å². The Bertz CT molecular complexity index is 1230. The normalized spacial score (nSPS) is 15.2. The molecule has 0 unspecified atom stereocenters. The first-order chi connectivity index (χ1) is 16.0. The maximum absolute atomic E-state index is 12.9. The minimum absolute atomic E-state index is 0. The Morgan fingerprint density at radius 3 is 2.38 bits per heavy atom. The van der Waals surface area contributed by atoms with E-state index in [4.69, 9.17) is 14.5 Å². The molecule has 0 atom stereocenters. The smallest absolute Gasteiger partial charge is 0.243 e. The molecule has 1 saturated heterocycles. The minimum Gasteiger partial charge on any atom is -0.494 e. The number of rotatable bonds is 8. The van der Waals surface area contributed by atoms with Crippen LogP contribution < -0.4 is 9.54 Å². The van der Waals surface area contributed by atoms with Crippen LogP contribution in [0.25, 0.3) is 11.3 Å². The molecule has 0 saturated carbocycles. The molecular formula is C23H28BrN3O5S2. The monoisotopic (exact) mass is 569 g/mol. The topological polar surface area (TPSA) is 93.4 Å². The van der Waals surface area contributed by atoms with Gasteiger partial charge in [0.25, 0.3) is 0 Å². The lowest BCUT2D eigenvalue weighted by atomic mass is 10.2. The summed E-state index contributed by atoms with van der Waals surface area (Å²) in [6.07, 6.45) is 0. The van der Waals surface area contributed by atoms with Crippen molar-refractivity contribution < 1.29 is 23.0 Å². The minimum atomic E-state index is -3.54. The van der Waals surface area contributed by atoms with Crippen molar-refractivity contribution in [3.8, 4) is 17.0 Å². The molecular weight excluding hydrogens is 542 g/mol. The Kier molecular flexibility index (Phi) is 9.46. The average molecular weight is 571 g/mol. The molecule has 34 heavy (non-hydrogen) atoms. The summed E-state index contributed by atoms with van der Waals surface area (Å²) in [5.41, 5.74) is 2.51. The number of aliphatic hydroxyl groups excluding tert-OH is 1. The Hall–Kier alpha value is -2.02. The quantitative estimate of drug-likeness (QED) is 0.448. The maximum Gasteiger partial charge on any atom is 0.243 e. The maximum atomic E-state index is 12.9. The van der Waals surface area contributed by atoms with Gasteiger partial charge in [0.05, 0.1) is 42.7 Å². The number of aliphatic hydroxyl groups is 1. The zero-order valence-electron chi connectivity index (χ0n) is 18.8. The highest BCUT2D eigenvalue weighted by molar-refractivity contribution is 8.93. The molecule has 0 bridgehead atoms. The SMILES string of the molecule is Br.CCOc1ccc(N=c2scc(-c3ccc(S(=O)(=O)N4CCOCC4)cc3)n2CCO)cc1. The summed E-state index contributed by atoms with van der Waals surface area (Å²) in [5, 5.41) is 11.6. The lowest BCUT2D eigenvalue weighted by molar-refractivity contribution is 0.0730. The van der Waals surface area contributed by atoms with Crippen molar-refractivity contribution in [2.75, 3.05) is 39.5 Å². The molecule has 1 aliphatic rings. The van der Waals surface area contributed by atoms with Crippen LogP contribution in [0.3, 0.4) is 0 Å². The van der Waals surface area contributed by atoms with Gasteiger partial charge in [-0.15, -0.1) is 28.3 Å². The van der Waals surface area contributed by atoms with Gasteiger partial charge in [-0.3, -0.25) is 0 Å². The molecule has 184 valence electrons. The molecule has 0 radical (unpaired) electrons. The number of hydrogen-bond donors (Lipinski definition) is 1. The fourth-order valence-electron chi connectivity index (χ4n) is 3.59. The number of halogens is 1. The van der Waals surface area contributed by atoms with Crippen LogP contribution in [0, 0.1) is 0 Å². The second kappa shape index (κ2) is 12.1. The number of ether oxygens (including phenoxy) is 2. The number of thiazole rings is 1. The van der Waals surface area contributed by atoms with Crippen molar-refractivity contribution in [1.82, 2.24) is 8.87 Å². The first kappa shape index (κ1) is 26.6. The molecule has 0 aliphatic carbocycles. The van der Waals surface area contributed by atoms with Crippen LogP contribution in [0.1, 0.15) is 6.92 Å². The van der Waals surface area contributed by atoms with Crippen LogP contribution in [-0.2, 0) is 21.3 Å². The van der Waals surface area contributed by atoms with Crippen molar-refractivity contribution >= 4 is 44.0 Å². The van der Waals surface area contributed by atoms with Crippen LogP contribution in [0.4, 0.5) is 5.69 Å². The van der Waals surface area contributed by atoms with Gasteiger partial charge in [-0.1, -0.05) is 12.1 Å². The molecule has 11 heteroatoms. The standard InChI is InChI=1S/C23H27N3O5S2.BrH/c1-2-31-20-7-5-19(6-8-20)24-23-26(11-14-27)22(17-32-23)18-3-9-21(10-4-18)33(28,29)25-12-15-30-16-13-25;/h3-10,17,27H,2,11-16H2,1H3;1H. The second-order valence-electron chi connectivity index (χ2n) is 7.36. The van der Waals surface area contributed by atoms with Crippen molar-refractivity contribution in [1.29, 1.82) is 0 Å². The molecule has 2 heterocycles. The summed E-state index contributed by atoms with van der Waals surface area (Å²) in [6, 6.07) is 14.4. The van der Waals surface area contributed by atoms with Gasteiger partial charge in [0.15, 0.2) is 4.80 Å². The highest BCUT2D eigenvalue weighted by atomic mass is 79.9. The summed E-state index contributed by atoms with van der Waals surface area (Å²) in [5.74, 6) is 0.790. The van der Waals surface area contributed by atoms with E-state index >= 15 is 0 Å². The highest BCUT2D eigenvalue weighted by Crippen LogP contribution is 2.25. The molecule has 0 spiro atoms. The summed E-state index contributed by atoms with van der Waals surface area (Å²) in [4.78, 5) is 5.73. The van der Waals surface area contributed by atoms with E-state index in [1.807, 2.05) is 41.1 Å². The van der Waals surface area contributed by atoms with E-state index in [9.17, 15) is 13.5 Å². The summed E-state index contributed by atoms with van der Waals surface area (Å²) < 4.78 is 39.9. The van der Waals surface area contributed by atoms with Crippen molar-refractivity contribution in [2.45, 2.75) is 18.4 Å². The predicted octanol–water partition coefficient (Wildman–Crippen LogP) is 3.44. The predicted molar refractivity (Wildman–Crippen MR) is 138 cm³/mol. The van der Waals surface area contributed by atoms with Gasteiger partial charge < -0.3 is 19.1 Å². The first-order valence-corrected chi connectivity index (χ1v) is 13.1. The van der Waals surface area contributed by atoms with E-state index in [0.29, 0.717) is 39.5 Å². The number of sulfonamides is 1. The molecule has 0 amide bonds. The van der Waals surface area contributed by atoms with Crippen molar-refractivity contribution in [2.24, 2.45) is 4.99 Å². The van der Waals surface area contributed by atoms with E-state index in [1.165, 1.54) is 15.6 Å². The third-order valence-electron chi connectivity index (χ3n) is 5.25. The Morgan fingerprint density at radius 2 is 1.76 bits per heavy atom. The van der Waals surface area contributed by atoms with Crippen molar-refractivity contribution in [3.05, 3.63) is 58.7 Å². The van der Waals surface area contributed by atoms with Gasteiger partial charge >= 0.3 is 0 Å². The van der Waals surface area contributed by atoms with E-state index < -0.39 is 10.0 Å². The van der Waals surface area contributed by atoms with Crippen LogP contribution in [0.2, 0.25) is 0 Å². The molecule has 1 fully saturated rings. The Morgan fingerprint density at radius 1 is 1.09 bits per heavy atom. The van der Waals surface area contributed by atoms with E-state index in [2.05, 4.69) is 0 Å². The fraction of sp³-hybridized carbons (Fsp3) is 0.348. The Balaban J connectivity index is 0.00000324. The third-order valence-corrected chi connectivity index (χ3v) is 8.03. The number of nitrogens with zero attached hydrogens (tertiary/aromatic N) is 3. The highest BCUT2D eigenvalue weighted by Gasteiger charge is 2.26. The van der Waals surface area contributed by atoms with Crippen molar-refractivity contribution in [3.63, 3.8) is 0 Å². The lowest BCUT2D eigenvalue weighted by Gasteiger charge is -2.26. The molecule has 1 aromatic heterocycles. The number of morpholine rings is 1. The molecule has 1 aliphatic heterocycles. The molecule has 4 rings (SSSR count). The number of aromatic nitrogens is 1. The van der Waals surface area contributed by atoms with E-state index in [0.717, 1.165) is 27.5 Å². The Labute approximate surface area is 213 Å². The second-order valence-corrected chi connectivity index (χ2v) is 10.1. The summed E-state index contributed by atoms with van der Waals surface area (Å²) >= 11 is 1.47. The molecule has 3 aromatic rings. The molecule has 8 nitrogen and oxygen atoms in total. The number of hydrogen-bond acceptors (Lipinski definition) is 7. The fourth-order valence-corrected chi connectivity index (χ4v) is 5.96. The van der Waals surface area contributed by atoms with Crippen LogP contribution in [0.5, 0.6) is 5.75 Å². The lowest BCUT2D eigenvalue weighted by Crippen LogP contribution is -2.40. The average Bonchev–Trinajstić information content (AvgIpc) is 3.23. The molecule has 2 aromatic carbocycles. The van der Waals surface area contributed by atoms with Gasteiger partial charge in [-0.25, -0.2) is 13.4 Å². The molecule has 1 N–H and O–H groups in total. The van der Waals surface area contributed by atoms with Gasteiger partial charge in [0.2, 0.25) is 10.0 Å². The third kappa shape index (κ3) is 5.96. The van der Waals surface area contributed by atoms with Gasteiger partial charge in [0.1, 0.15) is 5.75 Å². The largest absolute Gasteiger partial charge is 0.494 e. The zero-order chi connectivity index (χ0) is 23.3. The summed E-state index contributed by atoms with van der Waals surface area (Å²) in [6.45, 7) is 4.43. The van der Waals surface area contributed by atoms with Gasteiger partial charge in [-0.2, -0.15) is 4.31 Å². The van der Waals surface area contributed by atoms with E-state index in [1.54, 1.807) is 24.3 Å². The van der Waals surface area contributed by atoms with Gasteiger partial charge in [-0.05, 0) is 48.9 Å². The van der Waals surface area contributed by atoms with Crippen LogP contribution in [-0.4, -0.2) is 61.9 Å². The van der Waals surface area contributed by atoms with Crippen LogP contribution in [0.15, 0.2) is 63.8 Å². The van der Waals surface area contributed by atoms with E-state index in [-0.39, 0.29) is 28.5 Å². The first-order valence-electron chi connectivity index (χ1n) is 10.8. The number of benzene rings is 2. The summed E-state index contributed by atoms with van der Waals surface area (Å²) in [7, 11) is -3.54. The zero-order valence-corrected chi connectivity index (χ0v) is 22.1. The van der Waals surface area contributed by atoms with Crippen LogP contribution >= 0.6 is 28.3 Å².